The van der Waals surface area contributed by atoms with E-state index in [4.69, 9.17) is 14.2 Å². The molecule has 1 aliphatic heterocycles. The summed E-state index contributed by atoms with van der Waals surface area (Å²) in [5, 5.41) is 10.8. The van der Waals surface area contributed by atoms with Gasteiger partial charge in [0.2, 0.25) is 0 Å². The molecule has 176 valence electrons. The Morgan fingerprint density at radius 3 is 2.19 bits per heavy atom. The fourth-order valence-electron chi connectivity index (χ4n) is 3.75. The van der Waals surface area contributed by atoms with Crippen LogP contribution in [-0.2, 0) is 36.3 Å². The zero-order valence-electron chi connectivity index (χ0n) is 20.4. The zero-order valence-corrected chi connectivity index (χ0v) is 20.4. The Morgan fingerprint density at radius 1 is 1.03 bits per heavy atom. The first-order valence-corrected chi connectivity index (χ1v) is 11.7. The number of benzene rings is 1. The normalized spacial score (nSPS) is 17.5. The number of phenolic OH excluding ortho intramolecular Hbond substituents is 1. The molecule has 0 radical (unpaired) electrons. The van der Waals surface area contributed by atoms with Gasteiger partial charge in [-0.3, -0.25) is 4.79 Å². The molecule has 0 aliphatic carbocycles. The molecule has 0 bridgehead atoms. The molecule has 1 fully saturated rings. The van der Waals surface area contributed by atoms with Crippen LogP contribution in [0.4, 0.5) is 0 Å². The highest BCUT2D eigenvalue weighted by atomic mass is 16.7. The van der Waals surface area contributed by atoms with Crippen molar-refractivity contribution in [3.8, 4) is 5.75 Å². The minimum atomic E-state index is -0.181. The number of aromatic hydroxyl groups is 1. The fourth-order valence-corrected chi connectivity index (χ4v) is 3.75. The summed E-state index contributed by atoms with van der Waals surface area (Å²) in [4.78, 5) is 12.2. The molecule has 1 aliphatic rings. The predicted molar refractivity (Wildman–Crippen MR) is 124 cm³/mol. The van der Waals surface area contributed by atoms with Gasteiger partial charge in [-0.25, -0.2) is 0 Å². The maximum absolute atomic E-state index is 12.2. The van der Waals surface area contributed by atoms with Crippen LogP contribution in [0, 0.1) is 0 Å². The largest absolute Gasteiger partial charge is 0.507 e. The molecule has 0 amide bonds. The van der Waals surface area contributed by atoms with Crippen LogP contribution in [0.3, 0.4) is 0 Å². The SMILES string of the molecule is CC(C)(C)c1cc(CCC(=O)OCCCCOC2CCCCO2)cc(C(C)(C)C)c1O. The van der Waals surface area contributed by atoms with Crippen molar-refractivity contribution in [2.75, 3.05) is 19.8 Å². The minimum Gasteiger partial charge on any atom is -0.507 e. The maximum atomic E-state index is 12.2. The van der Waals surface area contributed by atoms with Gasteiger partial charge in [-0.05, 0) is 66.0 Å². The van der Waals surface area contributed by atoms with E-state index in [1.165, 1.54) is 0 Å². The van der Waals surface area contributed by atoms with Gasteiger partial charge < -0.3 is 19.3 Å². The second kappa shape index (κ2) is 11.3. The topological polar surface area (TPSA) is 65.0 Å². The molecule has 2 rings (SSSR count). The lowest BCUT2D eigenvalue weighted by Gasteiger charge is -2.28. The van der Waals surface area contributed by atoms with E-state index in [0.717, 1.165) is 55.4 Å². The van der Waals surface area contributed by atoms with Crippen molar-refractivity contribution in [1.29, 1.82) is 0 Å². The van der Waals surface area contributed by atoms with Gasteiger partial charge in [-0.2, -0.15) is 0 Å². The maximum Gasteiger partial charge on any atom is 0.306 e. The highest BCUT2D eigenvalue weighted by Crippen LogP contribution is 2.40. The standard InChI is InChI=1S/C26H42O5/c1-25(2,3)20-17-19(18-21(24(20)28)26(4,5)6)12-13-22(27)29-14-9-10-16-31-23-11-7-8-15-30-23/h17-18,23,28H,7-16H2,1-6H3. The molecule has 1 N–H and O–H groups in total. The summed E-state index contributed by atoms with van der Waals surface area (Å²) < 4.78 is 16.6. The fraction of sp³-hybridized carbons (Fsp3) is 0.731. The van der Waals surface area contributed by atoms with Gasteiger partial charge in [0.25, 0.3) is 0 Å². The lowest BCUT2D eigenvalue weighted by molar-refractivity contribution is -0.163. The molecule has 1 aromatic rings. The van der Waals surface area contributed by atoms with E-state index in [0.29, 0.717) is 31.8 Å². The van der Waals surface area contributed by atoms with Gasteiger partial charge in [0, 0.05) is 19.6 Å². The number of unbranched alkanes of at least 4 members (excludes halogenated alkanes) is 1. The van der Waals surface area contributed by atoms with Crippen LogP contribution in [-0.4, -0.2) is 37.2 Å². The van der Waals surface area contributed by atoms with Crippen LogP contribution >= 0.6 is 0 Å². The third kappa shape index (κ3) is 8.46. The molecule has 0 spiro atoms. The number of esters is 1. The van der Waals surface area contributed by atoms with E-state index in [9.17, 15) is 9.90 Å². The Morgan fingerprint density at radius 2 is 1.65 bits per heavy atom. The number of carbonyl (C=O) groups excluding carboxylic acids is 1. The zero-order chi connectivity index (χ0) is 23.1. The van der Waals surface area contributed by atoms with E-state index in [2.05, 4.69) is 41.5 Å². The second-order valence-corrected chi connectivity index (χ2v) is 10.6. The average molecular weight is 435 g/mol. The van der Waals surface area contributed by atoms with Crippen LogP contribution in [0.5, 0.6) is 5.75 Å². The molecule has 1 saturated heterocycles. The number of hydrogen-bond donors (Lipinski definition) is 1. The van der Waals surface area contributed by atoms with Gasteiger partial charge in [-0.15, -0.1) is 0 Å². The Labute approximate surface area is 188 Å². The van der Waals surface area contributed by atoms with Gasteiger partial charge >= 0.3 is 5.97 Å². The summed E-state index contributed by atoms with van der Waals surface area (Å²) >= 11 is 0. The first kappa shape index (κ1) is 25.7. The number of aryl methyl sites for hydroxylation is 1. The highest BCUT2D eigenvalue weighted by molar-refractivity contribution is 5.69. The highest BCUT2D eigenvalue weighted by Gasteiger charge is 2.26. The molecule has 1 atom stereocenters. The summed E-state index contributed by atoms with van der Waals surface area (Å²) in [6, 6.07) is 4.06. The predicted octanol–water partition coefficient (Wildman–Crippen LogP) is 5.79. The smallest absolute Gasteiger partial charge is 0.306 e. The Balaban J connectivity index is 1.79. The minimum absolute atomic E-state index is 0.0578. The number of rotatable bonds is 9. The van der Waals surface area contributed by atoms with Crippen molar-refractivity contribution in [2.45, 2.75) is 104 Å². The summed E-state index contributed by atoms with van der Waals surface area (Å²) in [6.45, 7) is 14.4. The van der Waals surface area contributed by atoms with Crippen molar-refractivity contribution in [2.24, 2.45) is 0 Å². The molecule has 0 aromatic heterocycles. The lowest BCUT2D eigenvalue weighted by atomic mass is 9.78. The van der Waals surface area contributed by atoms with Crippen molar-refractivity contribution >= 4 is 5.97 Å². The molecular formula is C26H42O5. The van der Waals surface area contributed by atoms with Crippen molar-refractivity contribution in [3.63, 3.8) is 0 Å². The van der Waals surface area contributed by atoms with Gasteiger partial charge in [-0.1, -0.05) is 53.7 Å². The summed E-state index contributed by atoms with van der Waals surface area (Å²) in [5.74, 6) is 0.186. The quantitative estimate of drug-likeness (QED) is 0.394. The third-order valence-corrected chi connectivity index (χ3v) is 5.65. The molecule has 0 saturated carbocycles. The molecule has 1 unspecified atom stereocenters. The van der Waals surface area contributed by atoms with Gasteiger partial charge in [0.05, 0.1) is 6.61 Å². The summed E-state index contributed by atoms with van der Waals surface area (Å²) in [5.41, 5.74) is 2.55. The number of ether oxygens (including phenoxy) is 3. The molecule has 1 aromatic carbocycles. The lowest BCUT2D eigenvalue weighted by Crippen LogP contribution is -2.22. The Bertz CT molecular complexity index is 670. The first-order valence-electron chi connectivity index (χ1n) is 11.7. The van der Waals surface area contributed by atoms with E-state index in [-0.39, 0.29) is 23.1 Å². The Hall–Kier alpha value is -1.59. The van der Waals surface area contributed by atoms with Crippen molar-refractivity contribution < 1.29 is 24.1 Å². The average Bonchev–Trinajstić information content (AvgIpc) is 2.68. The number of carbonyl (C=O) groups is 1. The van der Waals surface area contributed by atoms with Crippen molar-refractivity contribution in [1.82, 2.24) is 0 Å². The van der Waals surface area contributed by atoms with E-state index in [1.807, 2.05) is 12.1 Å². The van der Waals surface area contributed by atoms with Crippen LogP contribution in [0.25, 0.3) is 0 Å². The van der Waals surface area contributed by atoms with Crippen LogP contribution < -0.4 is 0 Å². The summed E-state index contributed by atoms with van der Waals surface area (Å²) in [7, 11) is 0. The van der Waals surface area contributed by atoms with Crippen molar-refractivity contribution in [3.05, 3.63) is 28.8 Å². The first-order chi connectivity index (χ1) is 14.5. The molecule has 5 heteroatoms. The third-order valence-electron chi connectivity index (χ3n) is 5.65. The monoisotopic (exact) mass is 434 g/mol. The van der Waals surface area contributed by atoms with Crippen LogP contribution in [0.1, 0.15) is 96.8 Å². The van der Waals surface area contributed by atoms with Crippen LogP contribution in [0.2, 0.25) is 0 Å². The Kier molecular flexibility index (Phi) is 9.38. The summed E-state index contributed by atoms with van der Waals surface area (Å²) in [6.07, 6.45) is 5.79. The molecular weight excluding hydrogens is 392 g/mol. The molecule has 1 heterocycles. The molecule has 31 heavy (non-hydrogen) atoms. The second-order valence-electron chi connectivity index (χ2n) is 10.6. The number of hydrogen-bond acceptors (Lipinski definition) is 5. The van der Waals surface area contributed by atoms with E-state index in [1.54, 1.807) is 0 Å². The van der Waals surface area contributed by atoms with Gasteiger partial charge in [0.1, 0.15) is 5.75 Å². The van der Waals surface area contributed by atoms with Gasteiger partial charge in [0.15, 0.2) is 6.29 Å². The van der Waals surface area contributed by atoms with E-state index < -0.39 is 0 Å². The van der Waals surface area contributed by atoms with E-state index >= 15 is 0 Å². The number of phenols is 1. The van der Waals surface area contributed by atoms with Crippen LogP contribution in [0.15, 0.2) is 12.1 Å². The molecule has 5 nitrogen and oxygen atoms in total.